The highest BCUT2D eigenvalue weighted by molar-refractivity contribution is 5.73. The van der Waals surface area contributed by atoms with E-state index < -0.39 is 12.4 Å². The van der Waals surface area contributed by atoms with Crippen molar-refractivity contribution in [1.29, 1.82) is 0 Å². The van der Waals surface area contributed by atoms with Crippen molar-refractivity contribution in [2.75, 3.05) is 13.6 Å². The molecule has 0 unspecified atom stereocenters. The summed E-state index contributed by atoms with van der Waals surface area (Å²) in [6, 6.07) is 33.9. The first-order valence-corrected chi connectivity index (χ1v) is 15.2. The molecule has 1 aliphatic heterocycles. The number of likely N-dealkylation sites (N-methyl/N-ethyl adjacent to an activating group) is 1. The fourth-order valence-electron chi connectivity index (χ4n) is 5.61. The number of nitrogens with one attached hydrogen (secondary N) is 1. The quantitative estimate of drug-likeness (QED) is 0.195. The Hall–Kier alpha value is -3.85. The first-order valence-electron chi connectivity index (χ1n) is 15.2. The second-order valence-corrected chi connectivity index (χ2v) is 11.6. The molecular weight excluding hydrogens is 552 g/mol. The molecule has 0 radical (unpaired) electrons. The van der Waals surface area contributed by atoms with Crippen LogP contribution in [0.15, 0.2) is 103 Å². The van der Waals surface area contributed by atoms with Gasteiger partial charge in [-0.05, 0) is 53.4 Å². The van der Waals surface area contributed by atoms with Crippen LogP contribution >= 0.6 is 0 Å². The molecule has 1 saturated heterocycles. The third-order valence-corrected chi connectivity index (χ3v) is 8.38. The second kappa shape index (κ2) is 14.8. The molecule has 5 atom stereocenters. The van der Waals surface area contributed by atoms with Crippen LogP contribution in [0.2, 0.25) is 0 Å². The number of amides is 1. The maximum absolute atomic E-state index is 11.3. The van der Waals surface area contributed by atoms with Crippen LogP contribution in [0.5, 0.6) is 0 Å². The second-order valence-electron chi connectivity index (χ2n) is 11.6. The molecule has 1 aliphatic rings. The van der Waals surface area contributed by atoms with Crippen molar-refractivity contribution in [2.45, 2.75) is 64.1 Å². The molecule has 0 spiro atoms. The molecule has 230 valence electrons. The largest absolute Gasteiger partial charge is 0.392 e. The van der Waals surface area contributed by atoms with E-state index in [2.05, 4.69) is 34.5 Å². The van der Waals surface area contributed by atoms with Gasteiger partial charge >= 0.3 is 0 Å². The van der Waals surface area contributed by atoms with Gasteiger partial charge in [-0.15, -0.1) is 0 Å². The van der Waals surface area contributed by atoms with Crippen molar-refractivity contribution < 1.29 is 24.5 Å². The minimum atomic E-state index is -0.622. The normalized spacial score (nSPS) is 19.8. The number of benzene rings is 4. The van der Waals surface area contributed by atoms with E-state index in [4.69, 9.17) is 9.47 Å². The van der Waals surface area contributed by atoms with Crippen LogP contribution in [0.4, 0.5) is 0 Å². The molecule has 0 aromatic heterocycles. The molecule has 0 aliphatic carbocycles. The number of carbonyl (C=O) groups is 1. The van der Waals surface area contributed by atoms with Crippen molar-refractivity contribution in [3.63, 3.8) is 0 Å². The Bertz CT molecular complexity index is 1490. The Kier molecular flexibility index (Phi) is 10.6. The van der Waals surface area contributed by atoms with Gasteiger partial charge in [0.05, 0.1) is 24.9 Å². The molecule has 7 nitrogen and oxygen atoms in total. The zero-order valence-electron chi connectivity index (χ0n) is 25.6. The van der Waals surface area contributed by atoms with Crippen LogP contribution in [0.1, 0.15) is 66.6 Å². The predicted octanol–water partition coefficient (Wildman–Crippen LogP) is 6.08. The molecule has 4 aromatic carbocycles. The molecule has 4 aromatic rings. The minimum Gasteiger partial charge on any atom is -0.392 e. The van der Waals surface area contributed by atoms with Crippen LogP contribution in [0.3, 0.4) is 0 Å². The highest BCUT2D eigenvalue weighted by Crippen LogP contribution is 2.39. The topological polar surface area (TPSA) is 91.3 Å². The molecule has 0 bridgehead atoms. The Labute approximate surface area is 260 Å². The van der Waals surface area contributed by atoms with Gasteiger partial charge in [0.2, 0.25) is 5.91 Å². The van der Waals surface area contributed by atoms with Gasteiger partial charge in [-0.25, -0.2) is 0 Å². The van der Waals surface area contributed by atoms with E-state index in [0.717, 1.165) is 38.9 Å². The van der Waals surface area contributed by atoms with E-state index in [-0.39, 0.29) is 30.8 Å². The third-order valence-electron chi connectivity index (χ3n) is 8.38. The average Bonchev–Trinajstić information content (AvgIpc) is 3.07. The summed E-state index contributed by atoms with van der Waals surface area (Å²) in [5.41, 5.74) is 6.87. The van der Waals surface area contributed by atoms with Crippen molar-refractivity contribution in [2.24, 2.45) is 0 Å². The van der Waals surface area contributed by atoms with Gasteiger partial charge in [0.1, 0.15) is 0 Å². The summed E-state index contributed by atoms with van der Waals surface area (Å²) in [5, 5.41) is 23.4. The third kappa shape index (κ3) is 8.00. The molecule has 1 heterocycles. The van der Waals surface area contributed by atoms with Gasteiger partial charge in [0, 0.05) is 38.0 Å². The van der Waals surface area contributed by atoms with Crippen LogP contribution in [0, 0.1) is 0 Å². The lowest BCUT2D eigenvalue weighted by molar-refractivity contribution is -0.253. The number of rotatable bonds is 11. The van der Waals surface area contributed by atoms with Gasteiger partial charge < -0.3 is 25.0 Å². The lowest BCUT2D eigenvalue weighted by Gasteiger charge is -2.39. The fraction of sp³-hybridized carbons (Fsp3) is 0.324. The van der Waals surface area contributed by atoms with Crippen molar-refractivity contribution >= 4 is 5.91 Å². The van der Waals surface area contributed by atoms with Gasteiger partial charge in [-0.1, -0.05) is 97.1 Å². The maximum Gasteiger partial charge on any atom is 0.217 e. The van der Waals surface area contributed by atoms with Crippen molar-refractivity contribution in [3.05, 3.63) is 131 Å². The monoisotopic (exact) mass is 594 g/mol. The molecular formula is C37H42N2O5. The number of ether oxygens (including phenoxy) is 2. The lowest BCUT2D eigenvalue weighted by atomic mass is 9.98. The maximum atomic E-state index is 11.3. The fourth-order valence-corrected chi connectivity index (χ4v) is 5.61. The first-order chi connectivity index (χ1) is 21.3. The Morgan fingerprint density at radius 3 is 2.27 bits per heavy atom. The van der Waals surface area contributed by atoms with Crippen LogP contribution in [-0.4, -0.2) is 46.8 Å². The van der Waals surface area contributed by atoms with Gasteiger partial charge in [-0.3, -0.25) is 9.69 Å². The summed E-state index contributed by atoms with van der Waals surface area (Å²) in [6.07, 6.45) is -0.870. The standard InChI is InChI=1S/C37H42N2O5/c1-25(36(42)31-9-5-4-6-10-31)39(3)23-34-21-35(30-14-12-27(24-40)13-15-30)44-37(43-34)32-18-16-29(17-19-32)33-11-7-8-28(20-33)22-38-26(2)41/h4-20,25,34-37,40,42H,21-24H2,1-3H3,(H,38,41)/t25-,34+,35-,36-,37-/m1/s1. The van der Waals surface area contributed by atoms with E-state index in [0.29, 0.717) is 19.5 Å². The van der Waals surface area contributed by atoms with E-state index >= 15 is 0 Å². The van der Waals surface area contributed by atoms with E-state index in [1.54, 1.807) is 0 Å². The SMILES string of the molecule is CC(=O)NCc1cccc(-c2ccc([C@@H]3O[C@H](CN(C)[C@H](C)[C@@H](O)c4ccccc4)C[C@H](c4ccc(CO)cc4)O3)cc2)c1. The highest BCUT2D eigenvalue weighted by Gasteiger charge is 2.34. The van der Waals surface area contributed by atoms with E-state index in [1.807, 2.05) is 92.8 Å². The Morgan fingerprint density at radius 1 is 0.886 bits per heavy atom. The summed E-state index contributed by atoms with van der Waals surface area (Å²) >= 11 is 0. The molecule has 1 fully saturated rings. The van der Waals surface area contributed by atoms with Gasteiger partial charge in [0.25, 0.3) is 0 Å². The Morgan fingerprint density at radius 2 is 1.59 bits per heavy atom. The van der Waals surface area contributed by atoms with Crippen molar-refractivity contribution in [1.82, 2.24) is 10.2 Å². The van der Waals surface area contributed by atoms with Crippen LogP contribution in [0.25, 0.3) is 11.1 Å². The zero-order chi connectivity index (χ0) is 31.1. The van der Waals surface area contributed by atoms with E-state index in [9.17, 15) is 15.0 Å². The molecule has 44 heavy (non-hydrogen) atoms. The number of hydrogen-bond donors (Lipinski definition) is 3. The summed E-state index contributed by atoms with van der Waals surface area (Å²) in [6.45, 7) is 4.65. The van der Waals surface area contributed by atoms with Gasteiger partial charge in [-0.2, -0.15) is 0 Å². The average molecular weight is 595 g/mol. The molecule has 3 N–H and O–H groups in total. The van der Waals surface area contributed by atoms with Crippen LogP contribution < -0.4 is 5.32 Å². The van der Waals surface area contributed by atoms with Crippen molar-refractivity contribution in [3.8, 4) is 11.1 Å². The molecule has 5 rings (SSSR count). The molecule has 1 amide bonds. The number of carbonyl (C=O) groups excluding carboxylic acids is 1. The first kappa shape index (κ1) is 31.6. The Balaban J connectivity index is 1.34. The van der Waals surface area contributed by atoms with Crippen LogP contribution in [-0.2, 0) is 27.4 Å². The predicted molar refractivity (Wildman–Crippen MR) is 171 cm³/mol. The summed E-state index contributed by atoms with van der Waals surface area (Å²) < 4.78 is 13.1. The summed E-state index contributed by atoms with van der Waals surface area (Å²) in [7, 11) is 2.02. The van der Waals surface area contributed by atoms with Gasteiger partial charge in [0.15, 0.2) is 6.29 Å². The minimum absolute atomic E-state index is 0.00488. The van der Waals surface area contributed by atoms with E-state index in [1.165, 1.54) is 6.92 Å². The molecule has 7 heteroatoms. The summed E-state index contributed by atoms with van der Waals surface area (Å²) in [4.78, 5) is 13.5. The smallest absolute Gasteiger partial charge is 0.217 e. The number of aliphatic hydroxyl groups is 2. The molecule has 0 saturated carbocycles. The summed E-state index contributed by atoms with van der Waals surface area (Å²) in [5.74, 6) is -0.0544. The number of aliphatic hydroxyl groups excluding tert-OH is 2. The number of nitrogens with zero attached hydrogens (tertiary/aromatic N) is 1. The highest BCUT2D eigenvalue weighted by atomic mass is 16.7. The lowest BCUT2D eigenvalue weighted by Crippen LogP contribution is -2.43. The number of hydrogen-bond acceptors (Lipinski definition) is 6. The zero-order valence-corrected chi connectivity index (χ0v) is 25.6.